The molecule has 0 N–H and O–H groups in total. The molecule has 0 aliphatic carbocycles. The molecule has 0 radical (unpaired) electrons. The Morgan fingerprint density at radius 3 is 2.25 bits per heavy atom. The highest BCUT2D eigenvalue weighted by molar-refractivity contribution is 6.44. The zero-order valence-corrected chi connectivity index (χ0v) is 15.9. The van der Waals surface area contributed by atoms with E-state index >= 15 is 0 Å². The third kappa shape index (κ3) is 4.20. The molecule has 0 saturated carbocycles. The summed E-state index contributed by atoms with van der Waals surface area (Å²) in [6, 6.07) is 15.1. The number of imide groups is 2. The van der Waals surface area contributed by atoms with E-state index in [4.69, 9.17) is 11.6 Å². The number of halogens is 1. The molecule has 144 valence electrons. The minimum atomic E-state index is -0.995. The molecule has 0 aromatic heterocycles. The molecule has 0 unspecified atom stereocenters. The summed E-state index contributed by atoms with van der Waals surface area (Å²) in [5, 5.41) is 0.547. The second-order valence-corrected chi connectivity index (χ2v) is 6.87. The molecule has 2 aromatic carbocycles. The quantitative estimate of drug-likeness (QED) is 0.551. The van der Waals surface area contributed by atoms with Gasteiger partial charge in [-0.25, -0.2) is 9.69 Å². The smallest absolute Gasteiger partial charge is 0.335 e. The first kappa shape index (κ1) is 19.6. The van der Waals surface area contributed by atoms with Crippen LogP contribution in [0.2, 0.25) is 5.02 Å². The number of likely N-dealkylation sites (N-methyl/N-ethyl adjacent to an activating group) is 1. The first-order valence-corrected chi connectivity index (χ1v) is 8.94. The topological polar surface area (TPSA) is 78.0 Å². The van der Waals surface area contributed by atoms with Crippen molar-refractivity contribution < 1.29 is 19.2 Å². The van der Waals surface area contributed by atoms with Crippen molar-refractivity contribution in [2.75, 3.05) is 13.6 Å². The van der Waals surface area contributed by atoms with Gasteiger partial charge in [0, 0.05) is 18.6 Å². The van der Waals surface area contributed by atoms with Gasteiger partial charge in [0.15, 0.2) is 0 Å². The lowest BCUT2D eigenvalue weighted by Crippen LogP contribution is -2.41. The molecule has 8 heteroatoms. The molecule has 1 aliphatic heterocycles. The highest BCUT2D eigenvalue weighted by Crippen LogP contribution is 2.17. The standard InChI is InChI=1S/C20H18ClN3O4/c1-22(11-15-8-5-9-16(21)10-15)17(25)13-24-19(27)18(26)23(20(24)28)12-14-6-3-2-4-7-14/h2-10H,11-13H2,1H3. The predicted octanol–water partition coefficient (Wildman–Crippen LogP) is 2.29. The van der Waals surface area contributed by atoms with E-state index in [0.717, 1.165) is 10.5 Å². The number of rotatable bonds is 6. The highest BCUT2D eigenvalue weighted by Gasteiger charge is 2.45. The Morgan fingerprint density at radius 1 is 0.929 bits per heavy atom. The lowest BCUT2D eigenvalue weighted by atomic mass is 10.2. The van der Waals surface area contributed by atoms with Crippen molar-refractivity contribution in [3.8, 4) is 0 Å². The van der Waals surface area contributed by atoms with Crippen molar-refractivity contribution >= 4 is 35.4 Å². The lowest BCUT2D eigenvalue weighted by molar-refractivity contribution is -0.145. The Morgan fingerprint density at radius 2 is 1.57 bits per heavy atom. The van der Waals surface area contributed by atoms with Gasteiger partial charge in [-0.3, -0.25) is 19.3 Å². The van der Waals surface area contributed by atoms with Crippen LogP contribution in [-0.2, 0) is 27.5 Å². The van der Waals surface area contributed by atoms with Crippen LogP contribution in [0.3, 0.4) is 0 Å². The summed E-state index contributed by atoms with van der Waals surface area (Å²) >= 11 is 5.94. The fourth-order valence-corrected chi connectivity index (χ4v) is 3.06. The van der Waals surface area contributed by atoms with E-state index < -0.39 is 30.3 Å². The number of carbonyl (C=O) groups is 4. The van der Waals surface area contributed by atoms with Crippen LogP contribution >= 0.6 is 11.6 Å². The number of carbonyl (C=O) groups excluding carboxylic acids is 4. The molecular weight excluding hydrogens is 382 g/mol. The monoisotopic (exact) mass is 399 g/mol. The van der Waals surface area contributed by atoms with Crippen LogP contribution in [0.1, 0.15) is 11.1 Å². The summed E-state index contributed by atoms with van der Waals surface area (Å²) in [6.45, 7) is -0.254. The van der Waals surface area contributed by atoms with Crippen LogP contribution in [0, 0.1) is 0 Å². The molecular formula is C20H18ClN3O4. The number of benzene rings is 2. The normalized spacial score (nSPS) is 14.0. The Hall–Kier alpha value is -3.19. The summed E-state index contributed by atoms with van der Waals surface area (Å²) in [6.07, 6.45) is 0. The van der Waals surface area contributed by atoms with E-state index in [-0.39, 0.29) is 13.1 Å². The minimum absolute atomic E-state index is 0.0205. The van der Waals surface area contributed by atoms with Gasteiger partial charge in [0.25, 0.3) is 0 Å². The van der Waals surface area contributed by atoms with Crippen molar-refractivity contribution in [2.24, 2.45) is 0 Å². The SMILES string of the molecule is CN(Cc1cccc(Cl)c1)C(=O)CN1C(=O)C(=O)N(Cc2ccccc2)C1=O. The van der Waals surface area contributed by atoms with Crippen molar-refractivity contribution in [1.29, 1.82) is 0 Å². The Kier molecular flexibility index (Phi) is 5.75. The molecule has 0 atom stereocenters. The largest absolute Gasteiger partial charge is 0.340 e. The van der Waals surface area contributed by atoms with Gasteiger partial charge in [-0.15, -0.1) is 0 Å². The molecule has 0 spiro atoms. The molecule has 7 nitrogen and oxygen atoms in total. The first-order chi connectivity index (χ1) is 13.4. The molecule has 0 bridgehead atoms. The van der Waals surface area contributed by atoms with Gasteiger partial charge in [-0.1, -0.05) is 54.1 Å². The van der Waals surface area contributed by atoms with Gasteiger partial charge in [0.2, 0.25) is 5.91 Å². The third-order valence-corrected chi connectivity index (χ3v) is 4.58. The fourth-order valence-electron chi connectivity index (χ4n) is 2.85. The number of hydrogen-bond donors (Lipinski definition) is 0. The summed E-state index contributed by atoms with van der Waals surface area (Å²) < 4.78 is 0. The molecule has 1 fully saturated rings. The molecule has 5 amide bonds. The van der Waals surface area contributed by atoms with Crippen LogP contribution in [0.5, 0.6) is 0 Å². The van der Waals surface area contributed by atoms with Gasteiger partial charge < -0.3 is 4.90 Å². The summed E-state index contributed by atoms with van der Waals surface area (Å²) in [5.41, 5.74) is 1.52. The van der Waals surface area contributed by atoms with Crippen LogP contribution in [0.4, 0.5) is 4.79 Å². The summed E-state index contributed by atoms with van der Waals surface area (Å²) in [7, 11) is 1.55. The Labute approximate surface area is 167 Å². The van der Waals surface area contributed by atoms with Crippen molar-refractivity contribution in [2.45, 2.75) is 13.1 Å². The van der Waals surface area contributed by atoms with Crippen LogP contribution in [0.25, 0.3) is 0 Å². The third-order valence-electron chi connectivity index (χ3n) is 4.35. The van der Waals surface area contributed by atoms with E-state index in [1.165, 1.54) is 4.90 Å². The lowest BCUT2D eigenvalue weighted by Gasteiger charge is -2.20. The van der Waals surface area contributed by atoms with E-state index in [2.05, 4.69) is 0 Å². The van der Waals surface area contributed by atoms with Crippen LogP contribution in [-0.4, -0.2) is 52.0 Å². The van der Waals surface area contributed by atoms with Crippen molar-refractivity contribution in [1.82, 2.24) is 14.7 Å². The van der Waals surface area contributed by atoms with E-state index in [1.54, 1.807) is 49.5 Å². The van der Waals surface area contributed by atoms with Gasteiger partial charge in [0.05, 0.1) is 6.54 Å². The van der Waals surface area contributed by atoms with E-state index in [1.807, 2.05) is 12.1 Å². The van der Waals surface area contributed by atoms with Gasteiger partial charge in [-0.05, 0) is 23.3 Å². The predicted molar refractivity (Wildman–Crippen MR) is 102 cm³/mol. The fraction of sp³-hybridized carbons (Fsp3) is 0.200. The van der Waals surface area contributed by atoms with Crippen LogP contribution in [0.15, 0.2) is 54.6 Å². The molecule has 2 aromatic rings. The first-order valence-electron chi connectivity index (χ1n) is 8.56. The number of nitrogens with zero attached hydrogens (tertiary/aromatic N) is 3. The minimum Gasteiger partial charge on any atom is -0.340 e. The zero-order valence-electron chi connectivity index (χ0n) is 15.2. The van der Waals surface area contributed by atoms with E-state index in [0.29, 0.717) is 15.5 Å². The second-order valence-electron chi connectivity index (χ2n) is 6.43. The highest BCUT2D eigenvalue weighted by atomic mass is 35.5. The molecule has 3 rings (SSSR count). The maximum absolute atomic E-state index is 12.5. The average Bonchev–Trinajstić information content (AvgIpc) is 2.87. The molecule has 1 heterocycles. The zero-order chi connectivity index (χ0) is 20.3. The maximum Gasteiger partial charge on any atom is 0.335 e. The summed E-state index contributed by atoms with van der Waals surface area (Å²) in [5.74, 6) is -2.39. The Balaban J connectivity index is 1.66. The van der Waals surface area contributed by atoms with Gasteiger partial charge in [0.1, 0.15) is 6.54 Å². The molecule has 1 aliphatic rings. The maximum atomic E-state index is 12.5. The van der Waals surface area contributed by atoms with E-state index in [9.17, 15) is 19.2 Å². The molecule has 28 heavy (non-hydrogen) atoms. The molecule has 1 saturated heterocycles. The van der Waals surface area contributed by atoms with Crippen molar-refractivity contribution in [3.63, 3.8) is 0 Å². The number of hydrogen-bond acceptors (Lipinski definition) is 4. The second kappa shape index (κ2) is 8.22. The van der Waals surface area contributed by atoms with Gasteiger partial charge >= 0.3 is 17.8 Å². The Bertz CT molecular complexity index is 932. The van der Waals surface area contributed by atoms with Crippen LogP contribution < -0.4 is 0 Å². The summed E-state index contributed by atoms with van der Waals surface area (Å²) in [4.78, 5) is 52.3. The number of amides is 5. The average molecular weight is 400 g/mol. The number of urea groups is 1. The van der Waals surface area contributed by atoms with Crippen molar-refractivity contribution in [3.05, 3.63) is 70.7 Å². The van der Waals surface area contributed by atoms with Gasteiger partial charge in [-0.2, -0.15) is 0 Å².